The summed E-state index contributed by atoms with van der Waals surface area (Å²) >= 11 is 0. The molecule has 0 aliphatic heterocycles. The maximum absolute atomic E-state index is 11.7. The van der Waals surface area contributed by atoms with Crippen molar-refractivity contribution in [1.82, 2.24) is 10.6 Å². The summed E-state index contributed by atoms with van der Waals surface area (Å²) in [4.78, 5) is 11.7. The van der Waals surface area contributed by atoms with Crippen molar-refractivity contribution in [2.45, 2.75) is 52.1 Å². The summed E-state index contributed by atoms with van der Waals surface area (Å²) in [5.74, 6) is 0.0653. The number of rotatable bonds is 6. The van der Waals surface area contributed by atoms with Gasteiger partial charge in [0, 0.05) is 11.6 Å². The third kappa shape index (κ3) is 7.62. The Hall–Kier alpha value is -1.35. The Kier molecular flexibility index (Phi) is 6.03. The van der Waals surface area contributed by atoms with E-state index in [0.717, 1.165) is 12.8 Å². The van der Waals surface area contributed by atoms with Crippen molar-refractivity contribution in [3.05, 3.63) is 35.9 Å². The van der Waals surface area contributed by atoms with Crippen LogP contribution < -0.4 is 10.6 Å². The van der Waals surface area contributed by atoms with E-state index in [-0.39, 0.29) is 17.5 Å². The fourth-order valence-electron chi connectivity index (χ4n) is 1.77. The Morgan fingerprint density at radius 2 is 1.84 bits per heavy atom. The first-order valence-electron chi connectivity index (χ1n) is 6.95. The Bertz CT molecular complexity index is 381. The number of nitrogens with one attached hydrogen (secondary N) is 2. The number of carbonyl (C=O) groups is 1. The molecular weight excluding hydrogens is 236 g/mol. The van der Waals surface area contributed by atoms with E-state index in [4.69, 9.17) is 0 Å². The van der Waals surface area contributed by atoms with Gasteiger partial charge < -0.3 is 10.6 Å². The lowest BCUT2D eigenvalue weighted by Gasteiger charge is -2.21. The van der Waals surface area contributed by atoms with Crippen molar-refractivity contribution in [3.8, 4) is 0 Å². The predicted octanol–water partition coefficient (Wildman–Crippen LogP) is 2.51. The smallest absolute Gasteiger partial charge is 0.234 e. The maximum atomic E-state index is 11.7. The van der Waals surface area contributed by atoms with E-state index in [1.807, 2.05) is 18.2 Å². The summed E-state index contributed by atoms with van der Waals surface area (Å²) in [5, 5.41) is 6.21. The fraction of sp³-hybridized carbons (Fsp3) is 0.562. The van der Waals surface area contributed by atoms with Crippen LogP contribution in [0.1, 0.15) is 39.7 Å². The van der Waals surface area contributed by atoms with Gasteiger partial charge in [0.2, 0.25) is 5.91 Å². The first kappa shape index (κ1) is 15.7. The van der Waals surface area contributed by atoms with Crippen LogP contribution in [0.15, 0.2) is 30.3 Å². The highest BCUT2D eigenvalue weighted by atomic mass is 16.1. The fourth-order valence-corrected chi connectivity index (χ4v) is 1.77. The van der Waals surface area contributed by atoms with Crippen LogP contribution in [-0.4, -0.2) is 24.0 Å². The topological polar surface area (TPSA) is 41.1 Å². The molecule has 2 N–H and O–H groups in total. The maximum Gasteiger partial charge on any atom is 0.234 e. The van der Waals surface area contributed by atoms with Gasteiger partial charge in [-0.3, -0.25) is 4.79 Å². The van der Waals surface area contributed by atoms with E-state index in [2.05, 4.69) is 50.5 Å². The Balaban J connectivity index is 2.24. The van der Waals surface area contributed by atoms with Gasteiger partial charge in [0.25, 0.3) is 0 Å². The predicted molar refractivity (Wildman–Crippen MR) is 80.1 cm³/mol. The summed E-state index contributed by atoms with van der Waals surface area (Å²) < 4.78 is 0. The van der Waals surface area contributed by atoms with Crippen LogP contribution in [0.2, 0.25) is 0 Å². The number of benzene rings is 1. The molecule has 1 atom stereocenters. The van der Waals surface area contributed by atoms with Crippen LogP contribution in [-0.2, 0) is 11.2 Å². The molecule has 0 fully saturated rings. The van der Waals surface area contributed by atoms with Crippen molar-refractivity contribution >= 4 is 5.91 Å². The van der Waals surface area contributed by atoms with E-state index in [1.54, 1.807) is 0 Å². The molecule has 1 aromatic rings. The largest absolute Gasteiger partial charge is 0.353 e. The molecule has 1 unspecified atom stereocenters. The average molecular weight is 262 g/mol. The van der Waals surface area contributed by atoms with Crippen molar-refractivity contribution in [2.24, 2.45) is 0 Å². The van der Waals surface area contributed by atoms with Gasteiger partial charge in [0.1, 0.15) is 0 Å². The molecule has 0 bridgehead atoms. The zero-order valence-corrected chi connectivity index (χ0v) is 12.5. The molecule has 0 aliphatic rings. The molecule has 0 saturated heterocycles. The Morgan fingerprint density at radius 1 is 1.21 bits per heavy atom. The lowest BCUT2D eigenvalue weighted by atomic mass is 10.1. The quantitative estimate of drug-likeness (QED) is 0.827. The van der Waals surface area contributed by atoms with Crippen LogP contribution in [0.3, 0.4) is 0 Å². The molecule has 19 heavy (non-hydrogen) atoms. The van der Waals surface area contributed by atoms with Gasteiger partial charge in [-0.2, -0.15) is 0 Å². The van der Waals surface area contributed by atoms with Gasteiger partial charge in [-0.25, -0.2) is 0 Å². The van der Waals surface area contributed by atoms with Crippen LogP contribution >= 0.6 is 0 Å². The first-order chi connectivity index (χ1) is 8.87. The molecule has 3 heteroatoms. The SMILES string of the molecule is CC(CCc1ccccc1)NC(=O)CNC(C)(C)C. The zero-order valence-electron chi connectivity index (χ0n) is 12.5. The summed E-state index contributed by atoms with van der Waals surface area (Å²) in [7, 11) is 0. The van der Waals surface area contributed by atoms with E-state index < -0.39 is 0 Å². The third-order valence-electron chi connectivity index (χ3n) is 2.90. The van der Waals surface area contributed by atoms with Gasteiger partial charge in [0.15, 0.2) is 0 Å². The van der Waals surface area contributed by atoms with E-state index in [9.17, 15) is 4.79 Å². The van der Waals surface area contributed by atoms with E-state index in [1.165, 1.54) is 5.56 Å². The highest BCUT2D eigenvalue weighted by molar-refractivity contribution is 5.78. The first-order valence-corrected chi connectivity index (χ1v) is 6.95. The summed E-state index contributed by atoms with van der Waals surface area (Å²) in [6, 6.07) is 10.6. The molecule has 3 nitrogen and oxygen atoms in total. The number of aryl methyl sites for hydroxylation is 1. The van der Waals surface area contributed by atoms with Crippen molar-refractivity contribution in [1.29, 1.82) is 0 Å². The van der Waals surface area contributed by atoms with Gasteiger partial charge >= 0.3 is 0 Å². The molecular formula is C16H26N2O. The summed E-state index contributed by atoms with van der Waals surface area (Å²) in [5.41, 5.74) is 1.29. The molecule has 0 spiro atoms. The number of amides is 1. The minimum absolute atomic E-state index is 0.0232. The molecule has 0 aromatic heterocycles. The van der Waals surface area contributed by atoms with Crippen molar-refractivity contribution < 1.29 is 4.79 Å². The normalized spacial score (nSPS) is 13.1. The number of hydrogen-bond donors (Lipinski definition) is 2. The minimum atomic E-state index is -0.0232. The molecule has 0 saturated carbocycles. The van der Waals surface area contributed by atoms with Crippen LogP contribution in [0.25, 0.3) is 0 Å². The second kappa shape index (κ2) is 7.29. The standard InChI is InChI=1S/C16H26N2O/c1-13(10-11-14-8-6-5-7-9-14)18-15(19)12-17-16(2,3)4/h5-9,13,17H,10-12H2,1-4H3,(H,18,19). The second-order valence-electron chi connectivity index (χ2n) is 6.10. The third-order valence-corrected chi connectivity index (χ3v) is 2.90. The van der Waals surface area contributed by atoms with Crippen molar-refractivity contribution in [3.63, 3.8) is 0 Å². The van der Waals surface area contributed by atoms with Gasteiger partial charge in [-0.1, -0.05) is 30.3 Å². The summed E-state index contributed by atoms with van der Waals surface area (Å²) in [6.07, 6.45) is 1.96. The number of hydrogen-bond acceptors (Lipinski definition) is 2. The monoisotopic (exact) mass is 262 g/mol. The Morgan fingerprint density at radius 3 is 2.42 bits per heavy atom. The highest BCUT2D eigenvalue weighted by Crippen LogP contribution is 2.04. The lowest BCUT2D eigenvalue weighted by Crippen LogP contribution is -2.45. The molecule has 0 heterocycles. The van der Waals surface area contributed by atoms with Gasteiger partial charge in [-0.15, -0.1) is 0 Å². The van der Waals surface area contributed by atoms with E-state index >= 15 is 0 Å². The second-order valence-corrected chi connectivity index (χ2v) is 6.10. The van der Waals surface area contributed by atoms with Crippen molar-refractivity contribution in [2.75, 3.05) is 6.54 Å². The van der Waals surface area contributed by atoms with Crippen LogP contribution in [0.4, 0.5) is 0 Å². The molecule has 1 rings (SSSR count). The van der Waals surface area contributed by atoms with E-state index in [0.29, 0.717) is 6.54 Å². The molecule has 0 radical (unpaired) electrons. The molecule has 1 amide bonds. The van der Waals surface area contributed by atoms with Gasteiger partial charge in [0.05, 0.1) is 6.54 Å². The number of carbonyl (C=O) groups excluding carboxylic acids is 1. The minimum Gasteiger partial charge on any atom is -0.353 e. The average Bonchev–Trinajstić information content (AvgIpc) is 2.34. The molecule has 0 aliphatic carbocycles. The van der Waals surface area contributed by atoms with Crippen LogP contribution in [0, 0.1) is 0 Å². The zero-order chi connectivity index (χ0) is 14.3. The highest BCUT2D eigenvalue weighted by Gasteiger charge is 2.12. The summed E-state index contributed by atoms with van der Waals surface area (Å²) in [6.45, 7) is 8.59. The Labute approximate surface area is 116 Å². The lowest BCUT2D eigenvalue weighted by molar-refractivity contribution is -0.121. The van der Waals surface area contributed by atoms with Crippen LogP contribution in [0.5, 0.6) is 0 Å². The molecule has 1 aromatic carbocycles. The molecule has 106 valence electrons. The van der Waals surface area contributed by atoms with Gasteiger partial charge in [-0.05, 0) is 46.1 Å².